The highest BCUT2D eigenvalue weighted by Crippen LogP contribution is 2.29. The molecule has 0 radical (unpaired) electrons. The molecule has 0 unspecified atom stereocenters. The molecule has 2 rings (SSSR count). The second-order valence-electron chi connectivity index (χ2n) is 2.83. The highest BCUT2D eigenvalue weighted by molar-refractivity contribution is 5.85. The van der Waals surface area contributed by atoms with E-state index in [1.54, 1.807) is 6.07 Å². The second kappa shape index (κ2) is 5.20. The summed E-state index contributed by atoms with van der Waals surface area (Å²) in [6.07, 6.45) is 2.11. The number of rotatable bonds is 0. The Labute approximate surface area is 90.2 Å². The van der Waals surface area contributed by atoms with Crippen LogP contribution >= 0.6 is 24.8 Å². The summed E-state index contributed by atoms with van der Waals surface area (Å²) < 4.78 is 0. The van der Waals surface area contributed by atoms with Crippen molar-refractivity contribution in [2.75, 3.05) is 11.9 Å². The van der Waals surface area contributed by atoms with Crippen molar-refractivity contribution in [3.63, 3.8) is 0 Å². The van der Waals surface area contributed by atoms with Gasteiger partial charge in [0.2, 0.25) is 0 Å². The van der Waals surface area contributed by atoms with Crippen molar-refractivity contribution in [2.45, 2.75) is 12.8 Å². The van der Waals surface area contributed by atoms with Gasteiger partial charge in [-0.05, 0) is 25.0 Å². The van der Waals surface area contributed by atoms with Gasteiger partial charge in [0.1, 0.15) is 5.75 Å². The summed E-state index contributed by atoms with van der Waals surface area (Å²) in [5, 5.41) is 12.7. The molecule has 0 bridgehead atoms. The molecule has 0 atom stereocenters. The molecular formula is C9H13Cl2NO. The molecular weight excluding hydrogens is 209 g/mol. The molecule has 2 nitrogen and oxygen atoms in total. The summed E-state index contributed by atoms with van der Waals surface area (Å²) in [6.45, 7) is 1.02. The molecule has 0 spiro atoms. The molecule has 74 valence electrons. The number of halogens is 2. The van der Waals surface area contributed by atoms with Crippen molar-refractivity contribution in [3.8, 4) is 5.75 Å². The van der Waals surface area contributed by atoms with Gasteiger partial charge in [-0.25, -0.2) is 0 Å². The van der Waals surface area contributed by atoms with E-state index in [9.17, 15) is 5.11 Å². The van der Waals surface area contributed by atoms with Crippen LogP contribution in [0.4, 0.5) is 5.69 Å². The number of anilines is 1. The van der Waals surface area contributed by atoms with Crippen LogP contribution < -0.4 is 5.32 Å². The van der Waals surface area contributed by atoms with E-state index in [0.717, 1.165) is 30.6 Å². The van der Waals surface area contributed by atoms with Crippen LogP contribution in [0.25, 0.3) is 0 Å². The lowest BCUT2D eigenvalue weighted by atomic mass is 10.0. The average Bonchev–Trinajstić information content (AvgIpc) is 2.06. The van der Waals surface area contributed by atoms with Crippen LogP contribution in [0.2, 0.25) is 0 Å². The third-order valence-electron chi connectivity index (χ3n) is 2.07. The number of benzene rings is 1. The minimum atomic E-state index is 0. The molecule has 0 aliphatic carbocycles. The molecule has 1 aromatic rings. The van der Waals surface area contributed by atoms with Crippen molar-refractivity contribution in [1.29, 1.82) is 0 Å². The van der Waals surface area contributed by atoms with Crippen LogP contribution in [0.3, 0.4) is 0 Å². The Bertz CT molecular complexity index is 278. The van der Waals surface area contributed by atoms with E-state index in [1.807, 2.05) is 12.1 Å². The first-order chi connectivity index (χ1) is 5.38. The number of aromatic hydroxyl groups is 1. The Hall–Kier alpha value is -0.600. The van der Waals surface area contributed by atoms with E-state index < -0.39 is 0 Å². The zero-order chi connectivity index (χ0) is 7.68. The number of phenolic OH excluding ortho intramolecular Hbond substituents is 1. The molecule has 1 heterocycles. The first-order valence-electron chi connectivity index (χ1n) is 3.92. The lowest BCUT2D eigenvalue weighted by Gasteiger charge is -2.18. The molecule has 4 heteroatoms. The highest BCUT2D eigenvalue weighted by Gasteiger charge is 2.10. The van der Waals surface area contributed by atoms with Gasteiger partial charge in [-0.2, -0.15) is 0 Å². The average molecular weight is 222 g/mol. The Balaban J connectivity index is 0.000000720. The van der Waals surface area contributed by atoms with Gasteiger partial charge in [0, 0.05) is 17.8 Å². The van der Waals surface area contributed by atoms with Crippen LogP contribution in [0.5, 0.6) is 5.75 Å². The minimum Gasteiger partial charge on any atom is -0.508 e. The van der Waals surface area contributed by atoms with E-state index in [1.165, 1.54) is 0 Å². The van der Waals surface area contributed by atoms with Crippen LogP contribution in [-0.4, -0.2) is 11.7 Å². The Morgan fingerprint density at radius 3 is 2.69 bits per heavy atom. The second-order valence-corrected chi connectivity index (χ2v) is 2.83. The summed E-state index contributed by atoms with van der Waals surface area (Å²) in [5.74, 6) is 0.426. The lowest BCUT2D eigenvalue weighted by Crippen LogP contribution is -2.11. The molecule has 0 fully saturated rings. The number of fused-ring (bicyclic) bond motifs is 1. The smallest absolute Gasteiger partial charge is 0.120 e. The maximum Gasteiger partial charge on any atom is 0.120 e. The maximum atomic E-state index is 9.42. The van der Waals surface area contributed by atoms with Gasteiger partial charge in [-0.15, -0.1) is 24.8 Å². The molecule has 1 aliphatic heterocycles. The maximum absolute atomic E-state index is 9.42. The number of phenols is 1. The third-order valence-corrected chi connectivity index (χ3v) is 2.07. The molecule has 1 aromatic carbocycles. The molecule has 0 aromatic heterocycles. The fourth-order valence-electron chi connectivity index (χ4n) is 1.49. The van der Waals surface area contributed by atoms with Gasteiger partial charge in [0.15, 0.2) is 0 Å². The van der Waals surface area contributed by atoms with Crippen molar-refractivity contribution in [3.05, 3.63) is 23.8 Å². The largest absolute Gasteiger partial charge is 0.508 e. The lowest BCUT2D eigenvalue weighted by molar-refractivity contribution is 0.466. The summed E-state index contributed by atoms with van der Waals surface area (Å²) in [4.78, 5) is 0. The summed E-state index contributed by atoms with van der Waals surface area (Å²) in [6, 6.07) is 5.62. The predicted octanol–water partition coefficient (Wildman–Crippen LogP) is 2.59. The van der Waals surface area contributed by atoms with Gasteiger partial charge >= 0.3 is 0 Å². The van der Waals surface area contributed by atoms with Crippen molar-refractivity contribution < 1.29 is 5.11 Å². The first kappa shape index (κ1) is 12.4. The molecule has 0 saturated heterocycles. The van der Waals surface area contributed by atoms with Gasteiger partial charge < -0.3 is 10.4 Å². The zero-order valence-corrected chi connectivity index (χ0v) is 8.75. The van der Waals surface area contributed by atoms with Gasteiger partial charge in [-0.1, -0.05) is 6.07 Å². The molecule has 13 heavy (non-hydrogen) atoms. The Morgan fingerprint density at radius 1 is 1.23 bits per heavy atom. The Morgan fingerprint density at radius 2 is 2.00 bits per heavy atom. The third kappa shape index (κ3) is 2.42. The summed E-state index contributed by atoms with van der Waals surface area (Å²) in [7, 11) is 0. The SMILES string of the molecule is Cl.Cl.Oc1cccc2c1CCCN2. The van der Waals surface area contributed by atoms with E-state index in [4.69, 9.17) is 0 Å². The molecule has 1 aliphatic rings. The van der Waals surface area contributed by atoms with Gasteiger partial charge in [0.25, 0.3) is 0 Å². The molecule has 2 N–H and O–H groups in total. The van der Waals surface area contributed by atoms with Crippen LogP contribution in [0.15, 0.2) is 18.2 Å². The van der Waals surface area contributed by atoms with Crippen LogP contribution in [-0.2, 0) is 6.42 Å². The van der Waals surface area contributed by atoms with Crippen LogP contribution in [0.1, 0.15) is 12.0 Å². The topological polar surface area (TPSA) is 32.3 Å². The Kier molecular flexibility index (Phi) is 4.96. The van der Waals surface area contributed by atoms with Crippen molar-refractivity contribution in [2.24, 2.45) is 0 Å². The van der Waals surface area contributed by atoms with E-state index in [0.29, 0.717) is 5.75 Å². The predicted molar refractivity (Wildman–Crippen MR) is 59.4 cm³/mol. The van der Waals surface area contributed by atoms with Crippen molar-refractivity contribution >= 4 is 30.5 Å². The van der Waals surface area contributed by atoms with Gasteiger partial charge in [-0.3, -0.25) is 0 Å². The quantitative estimate of drug-likeness (QED) is 0.707. The van der Waals surface area contributed by atoms with Crippen LogP contribution in [0, 0.1) is 0 Å². The van der Waals surface area contributed by atoms with E-state index in [2.05, 4.69) is 5.32 Å². The van der Waals surface area contributed by atoms with E-state index in [-0.39, 0.29) is 24.8 Å². The molecule has 0 saturated carbocycles. The fourth-order valence-corrected chi connectivity index (χ4v) is 1.49. The van der Waals surface area contributed by atoms with Crippen molar-refractivity contribution in [1.82, 2.24) is 0 Å². The van der Waals surface area contributed by atoms with E-state index >= 15 is 0 Å². The highest BCUT2D eigenvalue weighted by atomic mass is 35.5. The standard InChI is InChI=1S/C9H11NO.2ClH/c11-9-5-1-4-8-7(9)3-2-6-10-8;;/h1,4-5,10-11H,2-3,6H2;2*1H. The number of hydrogen-bond acceptors (Lipinski definition) is 2. The zero-order valence-electron chi connectivity index (χ0n) is 7.12. The normalized spacial score (nSPS) is 12.9. The minimum absolute atomic E-state index is 0. The number of hydrogen-bond donors (Lipinski definition) is 2. The van der Waals surface area contributed by atoms with Gasteiger partial charge in [0.05, 0.1) is 0 Å². The monoisotopic (exact) mass is 221 g/mol. The molecule has 0 amide bonds. The summed E-state index contributed by atoms with van der Waals surface area (Å²) >= 11 is 0. The first-order valence-corrected chi connectivity index (χ1v) is 3.92. The fraction of sp³-hybridized carbons (Fsp3) is 0.333. The summed E-state index contributed by atoms with van der Waals surface area (Å²) in [5.41, 5.74) is 2.16. The number of nitrogens with one attached hydrogen (secondary N) is 1.